The summed E-state index contributed by atoms with van der Waals surface area (Å²) in [4.78, 5) is 0. The molecule has 0 amide bonds. The van der Waals surface area contributed by atoms with Crippen LogP contribution in [0.4, 0.5) is 10.1 Å². The van der Waals surface area contributed by atoms with Crippen LogP contribution in [0.2, 0.25) is 0 Å². The fourth-order valence-electron chi connectivity index (χ4n) is 1.64. The maximum absolute atomic E-state index is 13.7. The van der Waals surface area contributed by atoms with Crippen molar-refractivity contribution in [2.45, 2.75) is 6.61 Å². The number of aliphatic hydroxyl groups excluding tert-OH is 1. The van der Waals surface area contributed by atoms with Crippen LogP contribution in [0.3, 0.4) is 0 Å². The van der Waals surface area contributed by atoms with Gasteiger partial charge in [-0.05, 0) is 17.7 Å². The predicted octanol–water partition coefficient (Wildman–Crippen LogP) is 2.70. The van der Waals surface area contributed by atoms with Crippen LogP contribution < -0.4 is 15.2 Å². The second kappa shape index (κ2) is 5.58. The summed E-state index contributed by atoms with van der Waals surface area (Å²) in [5.41, 5.74) is 6.47. The van der Waals surface area contributed by atoms with E-state index in [9.17, 15) is 4.39 Å². The summed E-state index contributed by atoms with van der Waals surface area (Å²) in [6.45, 7) is -0.106. The Balaban J connectivity index is 2.32. The van der Waals surface area contributed by atoms with Gasteiger partial charge in [0.1, 0.15) is 11.5 Å². The quantitative estimate of drug-likeness (QED) is 0.832. The van der Waals surface area contributed by atoms with Gasteiger partial charge in [-0.1, -0.05) is 12.1 Å². The summed E-state index contributed by atoms with van der Waals surface area (Å²) in [5, 5.41) is 9.04. The van der Waals surface area contributed by atoms with Gasteiger partial charge in [-0.2, -0.15) is 0 Å². The van der Waals surface area contributed by atoms with E-state index < -0.39 is 5.82 Å². The molecule has 0 radical (unpaired) electrons. The van der Waals surface area contributed by atoms with E-state index in [0.29, 0.717) is 17.1 Å². The number of anilines is 1. The third-order valence-electron chi connectivity index (χ3n) is 2.59. The zero-order valence-electron chi connectivity index (χ0n) is 10.4. The Labute approximate surface area is 110 Å². The molecule has 0 aliphatic rings. The van der Waals surface area contributed by atoms with Gasteiger partial charge in [0.25, 0.3) is 0 Å². The molecule has 0 unspecified atom stereocenters. The van der Waals surface area contributed by atoms with E-state index in [1.165, 1.54) is 13.2 Å². The molecule has 0 atom stereocenters. The SMILES string of the molecule is COc1cc(Oc2cccc(CO)c2)c(F)cc1N. The minimum atomic E-state index is -0.576. The highest BCUT2D eigenvalue weighted by Crippen LogP contribution is 2.32. The van der Waals surface area contributed by atoms with E-state index in [-0.39, 0.29) is 18.0 Å². The van der Waals surface area contributed by atoms with Crippen LogP contribution in [0.25, 0.3) is 0 Å². The zero-order chi connectivity index (χ0) is 13.8. The molecule has 4 nitrogen and oxygen atoms in total. The van der Waals surface area contributed by atoms with Gasteiger partial charge >= 0.3 is 0 Å². The number of rotatable bonds is 4. The van der Waals surface area contributed by atoms with Gasteiger partial charge in [0.2, 0.25) is 0 Å². The van der Waals surface area contributed by atoms with Crippen LogP contribution >= 0.6 is 0 Å². The summed E-state index contributed by atoms with van der Waals surface area (Å²) in [7, 11) is 1.44. The molecule has 2 aromatic rings. The van der Waals surface area contributed by atoms with Gasteiger partial charge in [-0.3, -0.25) is 0 Å². The monoisotopic (exact) mass is 263 g/mol. The number of methoxy groups -OCH3 is 1. The minimum Gasteiger partial charge on any atom is -0.494 e. The van der Waals surface area contributed by atoms with Crippen molar-refractivity contribution in [3.8, 4) is 17.2 Å². The standard InChI is InChI=1S/C14H14FNO3/c1-18-14-7-13(11(15)6-12(14)16)19-10-4-2-3-9(5-10)8-17/h2-7,17H,8,16H2,1H3. The molecule has 0 spiro atoms. The van der Waals surface area contributed by atoms with Gasteiger partial charge < -0.3 is 20.3 Å². The Kier molecular flexibility index (Phi) is 3.87. The third kappa shape index (κ3) is 2.95. The van der Waals surface area contributed by atoms with Gasteiger partial charge in [0, 0.05) is 12.1 Å². The Morgan fingerprint density at radius 2 is 2.00 bits per heavy atom. The van der Waals surface area contributed by atoms with Crippen LogP contribution in [0, 0.1) is 5.82 Å². The molecule has 5 heteroatoms. The van der Waals surface area contributed by atoms with Crippen LogP contribution in [-0.2, 0) is 6.61 Å². The van der Waals surface area contributed by atoms with E-state index in [4.69, 9.17) is 20.3 Å². The van der Waals surface area contributed by atoms with Crippen LogP contribution in [0.5, 0.6) is 17.2 Å². The molecule has 2 rings (SSSR count). The molecule has 3 N–H and O–H groups in total. The van der Waals surface area contributed by atoms with Crippen LogP contribution in [0.1, 0.15) is 5.56 Å². The molecule has 0 bridgehead atoms. The lowest BCUT2D eigenvalue weighted by Crippen LogP contribution is -1.96. The number of ether oxygens (including phenoxy) is 2. The van der Waals surface area contributed by atoms with E-state index >= 15 is 0 Å². The Morgan fingerprint density at radius 3 is 2.68 bits per heavy atom. The molecule has 2 aromatic carbocycles. The van der Waals surface area contributed by atoms with Crippen molar-refractivity contribution in [2.24, 2.45) is 0 Å². The van der Waals surface area contributed by atoms with Crippen molar-refractivity contribution in [2.75, 3.05) is 12.8 Å². The molecule has 0 aliphatic heterocycles. The summed E-state index contributed by atoms with van der Waals surface area (Å²) in [5.74, 6) is 0.209. The first-order chi connectivity index (χ1) is 9.13. The highest BCUT2D eigenvalue weighted by atomic mass is 19.1. The maximum atomic E-state index is 13.7. The predicted molar refractivity (Wildman–Crippen MR) is 69.8 cm³/mol. The molecule has 100 valence electrons. The third-order valence-corrected chi connectivity index (χ3v) is 2.59. The van der Waals surface area contributed by atoms with Crippen molar-refractivity contribution < 1.29 is 19.0 Å². The first-order valence-corrected chi connectivity index (χ1v) is 5.64. The van der Waals surface area contributed by atoms with Crippen molar-refractivity contribution in [3.05, 3.63) is 47.8 Å². The van der Waals surface area contributed by atoms with E-state index in [0.717, 1.165) is 6.07 Å². The Bertz CT molecular complexity index is 587. The zero-order valence-corrected chi connectivity index (χ0v) is 10.4. The number of hydrogen-bond donors (Lipinski definition) is 2. The van der Waals surface area contributed by atoms with Crippen molar-refractivity contribution >= 4 is 5.69 Å². The van der Waals surface area contributed by atoms with Crippen molar-refractivity contribution in [1.82, 2.24) is 0 Å². The number of hydrogen-bond acceptors (Lipinski definition) is 4. The average Bonchev–Trinajstić information content (AvgIpc) is 2.42. The van der Waals surface area contributed by atoms with Gasteiger partial charge in [0.05, 0.1) is 19.4 Å². The lowest BCUT2D eigenvalue weighted by atomic mass is 10.2. The molecular formula is C14H14FNO3. The molecule has 0 aromatic heterocycles. The largest absolute Gasteiger partial charge is 0.494 e. The second-order valence-electron chi connectivity index (χ2n) is 3.93. The molecule has 0 fully saturated rings. The molecule has 19 heavy (non-hydrogen) atoms. The lowest BCUT2D eigenvalue weighted by molar-refractivity contribution is 0.281. The van der Waals surface area contributed by atoms with E-state index in [1.54, 1.807) is 24.3 Å². The first kappa shape index (κ1) is 13.2. The number of aliphatic hydroxyl groups is 1. The Morgan fingerprint density at radius 1 is 1.21 bits per heavy atom. The number of nitrogen functional groups attached to an aromatic ring is 1. The second-order valence-corrected chi connectivity index (χ2v) is 3.93. The minimum absolute atomic E-state index is 0.0149. The smallest absolute Gasteiger partial charge is 0.168 e. The molecule has 0 aliphatic carbocycles. The topological polar surface area (TPSA) is 64.7 Å². The summed E-state index contributed by atoms with van der Waals surface area (Å²) >= 11 is 0. The normalized spacial score (nSPS) is 10.3. The average molecular weight is 263 g/mol. The number of nitrogens with two attached hydrogens (primary N) is 1. The lowest BCUT2D eigenvalue weighted by Gasteiger charge is -2.11. The van der Waals surface area contributed by atoms with Gasteiger partial charge in [-0.25, -0.2) is 4.39 Å². The fraction of sp³-hybridized carbons (Fsp3) is 0.143. The summed E-state index contributed by atoms with van der Waals surface area (Å²) < 4.78 is 24.2. The molecule has 0 heterocycles. The molecule has 0 saturated carbocycles. The summed E-state index contributed by atoms with van der Waals surface area (Å²) in [6, 6.07) is 9.28. The van der Waals surface area contributed by atoms with Crippen LogP contribution in [0.15, 0.2) is 36.4 Å². The van der Waals surface area contributed by atoms with E-state index in [2.05, 4.69) is 0 Å². The number of benzene rings is 2. The summed E-state index contributed by atoms with van der Waals surface area (Å²) in [6.07, 6.45) is 0. The highest BCUT2D eigenvalue weighted by Gasteiger charge is 2.10. The van der Waals surface area contributed by atoms with Gasteiger partial charge in [-0.15, -0.1) is 0 Å². The van der Waals surface area contributed by atoms with Gasteiger partial charge in [0.15, 0.2) is 11.6 Å². The maximum Gasteiger partial charge on any atom is 0.168 e. The first-order valence-electron chi connectivity index (χ1n) is 5.64. The van der Waals surface area contributed by atoms with E-state index in [1.807, 2.05) is 0 Å². The van der Waals surface area contributed by atoms with Crippen molar-refractivity contribution in [3.63, 3.8) is 0 Å². The highest BCUT2D eigenvalue weighted by molar-refractivity contribution is 5.56. The molecular weight excluding hydrogens is 249 g/mol. The van der Waals surface area contributed by atoms with Crippen molar-refractivity contribution in [1.29, 1.82) is 0 Å². The molecule has 0 saturated heterocycles. The number of halogens is 1. The van der Waals surface area contributed by atoms with Crippen LogP contribution in [-0.4, -0.2) is 12.2 Å². The fourth-order valence-corrected chi connectivity index (χ4v) is 1.64. The Hall–Kier alpha value is -2.27.